The third-order valence-electron chi connectivity index (χ3n) is 3.28. The van der Waals surface area contributed by atoms with E-state index < -0.39 is 6.10 Å². The summed E-state index contributed by atoms with van der Waals surface area (Å²) in [6, 6.07) is 14.0. The van der Waals surface area contributed by atoms with Crippen molar-refractivity contribution in [3.8, 4) is 0 Å². The van der Waals surface area contributed by atoms with E-state index in [0.717, 1.165) is 10.0 Å². The normalized spacial score (nSPS) is 12.0. The van der Waals surface area contributed by atoms with Crippen LogP contribution in [0.1, 0.15) is 17.2 Å². The minimum Gasteiger partial charge on any atom is -0.367 e. The van der Waals surface area contributed by atoms with Crippen molar-refractivity contribution in [3.05, 3.63) is 69.9 Å². The molecule has 0 aliphatic carbocycles. The molecule has 3 nitrogen and oxygen atoms in total. The van der Waals surface area contributed by atoms with E-state index in [4.69, 9.17) is 4.74 Å². The Balaban J connectivity index is 1.93. The molecule has 0 spiro atoms. The third-order valence-corrected chi connectivity index (χ3v) is 3.77. The molecule has 1 amide bonds. The monoisotopic (exact) mass is 365 g/mol. The number of hydrogen-bond donors (Lipinski definition) is 1. The Morgan fingerprint density at radius 1 is 1.27 bits per heavy atom. The highest BCUT2D eigenvalue weighted by Gasteiger charge is 2.19. The summed E-state index contributed by atoms with van der Waals surface area (Å²) in [6.07, 6.45) is -0.240. The zero-order chi connectivity index (χ0) is 15.9. The predicted octanol–water partition coefficient (Wildman–Crippen LogP) is 3.63. The molecule has 0 unspecified atom stereocenters. The van der Waals surface area contributed by atoms with Crippen LogP contribution in [0.4, 0.5) is 4.39 Å². The molecule has 2 aromatic rings. The molecule has 5 heteroatoms. The summed E-state index contributed by atoms with van der Waals surface area (Å²) in [4.78, 5) is 12.2. The maximum Gasteiger partial charge on any atom is 0.253 e. The van der Waals surface area contributed by atoms with Gasteiger partial charge in [-0.1, -0.05) is 46.3 Å². The van der Waals surface area contributed by atoms with Crippen molar-refractivity contribution in [1.82, 2.24) is 5.32 Å². The summed E-state index contributed by atoms with van der Waals surface area (Å²) in [5, 5.41) is 2.78. The SMILES string of the molecule is CO[C@@H](C(=O)NCCc1cc(Br)ccc1F)c1ccccc1. The van der Waals surface area contributed by atoms with Crippen molar-refractivity contribution < 1.29 is 13.9 Å². The van der Waals surface area contributed by atoms with Crippen LogP contribution < -0.4 is 5.32 Å². The predicted molar refractivity (Wildman–Crippen MR) is 87.0 cm³/mol. The quantitative estimate of drug-likeness (QED) is 0.848. The van der Waals surface area contributed by atoms with Gasteiger partial charge in [-0.2, -0.15) is 0 Å². The summed E-state index contributed by atoms with van der Waals surface area (Å²) >= 11 is 3.31. The van der Waals surface area contributed by atoms with Crippen molar-refractivity contribution in [2.45, 2.75) is 12.5 Å². The van der Waals surface area contributed by atoms with Gasteiger partial charge in [-0.15, -0.1) is 0 Å². The lowest BCUT2D eigenvalue weighted by molar-refractivity contribution is -0.131. The van der Waals surface area contributed by atoms with Crippen LogP contribution in [0.3, 0.4) is 0 Å². The maximum absolute atomic E-state index is 13.6. The fraction of sp³-hybridized carbons (Fsp3) is 0.235. The topological polar surface area (TPSA) is 38.3 Å². The minimum atomic E-state index is -0.659. The number of rotatable bonds is 6. The van der Waals surface area contributed by atoms with Gasteiger partial charge in [0.2, 0.25) is 0 Å². The highest BCUT2D eigenvalue weighted by molar-refractivity contribution is 9.10. The fourth-order valence-electron chi connectivity index (χ4n) is 2.17. The van der Waals surface area contributed by atoms with Gasteiger partial charge in [0.15, 0.2) is 6.10 Å². The average molecular weight is 366 g/mol. The van der Waals surface area contributed by atoms with E-state index >= 15 is 0 Å². The van der Waals surface area contributed by atoms with Crippen LogP contribution in [0.25, 0.3) is 0 Å². The smallest absolute Gasteiger partial charge is 0.253 e. The molecule has 0 saturated heterocycles. The van der Waals surface area contributed by atoms with Gasteiger partial charge in [0.1, 0.15) is 5.82 Å². The Hall–Kier alpha value is -1.72. The Labute approximate surface area is 137 Å². The molecule has 0 fully saturated rings. The van der Waals surface area contributed by atoms with Crippen LogP contribution in [0.5, 0.6) is 0 Å². The van der Waals surface area contributed by atoms with E-state index in [1.807, 2.05) is 30.3 Å². The molecule has 22 heavy (non-hydrogen) atoms. The molecule has 0 aliphatic rings. The first-order chi connectivity index (χ1) is 10.6. The molecule has 1 N–H and O–H groups in total. The van der Waals surface area contributed by atoms with Crippen molar-refractivity contribution in [3.63, 3.8) is 0 Å². The van der Waals surface area contributed by atoms with Gasteiger partial charge >= 0.3 is 0 Å². The summed E-state index contributed by atoms with van der Waals surface area (Å²) in [6.45, 7) is 0.346. The van der Waals surface area contributed by atoms with E-state index in [2.05, 4.69) is 21.2 Å². The van der Waals surface area contributed by atoms with Crippen molar-refractivity contribution in [2.75, 3.05) is 13.7 Å². The first-order valence-electron chi connectivity index (χ1n) is 6.91. The van der Waals surface area contributed by atoms with E-state index in [9.17, 15) is 9.18 Å². The van der Waals surface area contributed by atoms with Crippen molar-refractivity contribution >= 4 is 21.8 Å². The van der Waals surface area contributed by atoms with Crippen molar-refractivity contribution in [1.29, 1.82) is 0 Å². The van der Waals surface area contributed by atoms with Crippen molar-refractivity contribution in [2.24, 2.45) is 0 Å². The number of methoxy groups -OCH3 is 1. The number of halogens is 2. The zero-order valence-electron chi connectivity index (χ0n) is 12.2. The van der Waals surface area contributed by atoms with Gasteiger partial charge in [0.05, 0.1) is 0 Å². The van der Waals surface area contributed by atoms with Gasteiger partial charge in [-0.25, -0.2) is 4.39 Å². The molecule has 1 atom stereocenters. The number of benzene rings is 2. The van der Waals surface area contributed by atoms with Crippen LogP contribution >= 0.6 is 15.9 Å². The van der Waals surface area contributed by atoms with Crippen LogP contribution in [0, 0.1) is 5.82 Å². The summed E-state index contributed by atoms with van der Waals surface area (Å²) in [5.74, 6) is -0.507. The molecule has 0 saturated carbocycles. The first-order valence-corrected chi connectivity index (χ1v) is 7.70. The molecule has 0 heterocycles. The summed E-state index contributed by atoms with van der Waals surface area (Å²) in [5.41, 5.74) is 1.35. The summed E-state index contributed by atoms with van der Waals surface area (Å²) in [7, 11) is 1.49. The largest absolute Gasteiger partial charge is 0.367 e. The number of amides is 1. The Kier molecular flexibility index (Phi) is 6.10. The van der Waals surface area contributed by atoms with Gasteiger partial charge in [-0.3, -0.25) is 4.79 Å². The van der Waals surface area contributed by atoms with Gasteiger partial charge in [0, 0.05) is 18.1 Å². The standard InChI is InChI=1S/C17H17BrFNO2/c1-22-16(12-5-3-2-4-6-12)17(21)20-10-9-13-11-14(18)7-8-15(13)19/h2-8,11,16H,9-10H2,1H3,(H,20,21)/t16-/m1/s1. The van der Waals surface area contributed by atoms with Crippen LogP contribution in [-0.2, 0) is 16.0 Å². The Morgan fingerprint density at radius 3 is 2.68 bits per heavy atom. The van der Waals surface area contributed by atoms with Gasteiger partial charge in [0.25, 0.3) is 5.91 Å². The molecule has 0 aliphatic heterocycles. The van der Waals surface area contributed by atoms with E-state index in [-0.39, 0.29) is 11.7 Å². The minimum absolute atomic E-state index is 0.232. The number of hydrogen-bond acceptors (Lipinski definition) is 2. The summed E-state index contributed by atoms with van der Waals surface area (Å²) < 4.78 is 19.7. The van der Waals surface area contributed by atoms with Crippen LogP contribution in [-0.4, -0.2) is 19.6 Å². The molecule has 2 aromatic carbocycles. The number of ether oxygens (including phenoxy) is 1. The highest BCUT2D eigenvalue weighted by Crippen LogP contribution is 2.17. The second kappa shape index (κ2) is 8.06. The number of carbonyl (C=O) groups is 1. The van der Waals surface area contributed by atoms with E-state index in [0.29, 0.717) is 18.5 Å². The third kappa shape index (κ3) is 4.39. The van der Waals surface area contributed by atoms with E-state index in [1.54, 1.807) is 12.1 Å². The molecule has 0 radical (unpaired) electrons. The second-order valence-corrected chi connectivity index (χ2v) is 5.72. The number of nitrogens with one attached hydrogen (secondary N) is 1. The molecule has 2 rings (SSSR count). The average Bonchev–Trinajstić information content (AvgIpc) is 2.52. The zero-order valence-corrected chi connectivity index (χ0v) is 13.8. The number of carbonyl (C=O) groups excluding carboxylic acids is 1. The fourth-order valence-corrected chi connectivity index (χ4v) is 2.58. The molecule has 0 aromatic heterocycles. The lowest BCUT2D eigenvalue weighted by atomic mass is 10.1. The highest BCUT2D eigenvalue weighted by atomic mass is 79.9. The van der Waals surface area contributed by atoms with Gasteiger partial charge < -0.3 is 10.1 Å². The molecule has 0 bridgehead atoms. The lowest BCUT2D eigenvalue weighted by Gasteiger charge is -2.15. The Morgan fingerprint density at radius 2 is 2.00 bits per heavy atom. The molecular formula is C17H17BrFNO2. The van der Waals surface area contributed by atoms with Gasteiger partial charge in [-0.05, 0) is 35.7 Å². The van der Waals surface area contributed by atoms with E-state index in [1.165, 1.54) is 13.2 Å². The molecular weight excluding hydrogens is 349 g/mol. The maximum atomic E-state index is 13.6. The lowest BCUT2D eigenvalue weighted by Crippen LogP contribution is -2.32. The Bertz CT molecular complexity index is 634. The molecule has 116 valence electrons. The van der Waals surface area contributed by atoms with Crippen LogP contribution in [0.2, 0.25) is 0 Å². The van der Waals surface area contributed by atoms with Crippen LogP contribution in [0.15, 0.2) is 53.0 Å². The first kappa shape index (κ1) is 16.6. The second-order valence-electron chi connectivity index (χ2n) is 4.80.